The maximum Gasteiger partial charge on any atom is 0.275 e. The molecule has 0 spiro atoms. The number of hydrogen-bond acceptors (Lipinski definition) is 4. The van der Waals surface area contributed by atoms with Crippen LogP contribution in [0.2, 0.25) is 0 Å². The molecular formula is C8H8N2O3. The Morgan fingerprint density at radius 2 is 2.15 bits per heavy atom. The van der Waals surface area contributed by atoms with Crippen molar-refractivity contribution in [3.8, 4) is 0 Å². The SMILES string of the molecule is N=C[C@@H](O)c1ccccc1[N+](=O)[O-]. The molecule has 0 aliphatic carbocycles. The molecule has 0 fully saturated rings. The van der Waals surface area contributed by atoms with E-state index in [1.807, 2.05) is 0 Å². The summed E-state index contributed by atoms with van der Waals surface area (Å²) in [7, 11) is 0. The summed E-state index contributed by atoms with van der Waals surface area (Å²) in [5.74, 6) is 0. The molecule has 0 bridgehead atoms. The summed E-state index contributed by atoms with van der Waals surface area (Å²) in [6, 6.07) is 5.81. The van der Waals surface area contributed by atoms with Crippen molar-refractivity contribution in [3.05, 3.63) is 39.9 Å². The van der Waals surface area contributed by atoms with Gasteiger partial charge in [0, 0.05) is 12.3 Å². The van der Waals surface area contributed by atoms with Gasteiger partial charge in [-0.05, 0) is 6.07 Å². The molecule has 0 aliphatic rings. The zero-order valence-corrected chi connectivity index (χ0v) is 6.68. The topological polar surface area (TPSA) is 87.2 Å². The highest BCUT2D eigenvalue weighted by Crippen LogP contribution is 2.22. The van der Waals surface area contributed by atoms with Crippen LogP contribution in [0.5, 0.6) is 0 Å². The van der Waals surface area contributed by atoms with Crippen molar-refractivity contribution in [2.75, 3.05) is 0 Å². The van der Waals surface area contributed by atoms with E-state index in [1.54, 1.807) is 6.07 Å². The fourth-order valence-electron chi connectivity index (χ4n) is 0.994. The van der Waals surface area contributed by atoms with Gasteiger partial charge in [0.2, 0.25) is 0 Å². The number of aliphatic hydroxyl groups excluding tert-OH is 1. The second-order valence-electron chi connectivity index (χ2n) is 2.43. The van der Waals surface area contributed by atoms with Crippen LogP contribution >= 0.6 is 0 Å². The van der Waals surface area contributed by atoms with Gasteiger partial charge in [-0.2, -0.15) is 0 Å². The summed E-state index contributed by atoms with van der Waals surface area (Å²) in [5.41, 5.74) is -0.0269. The largest absolute Gasteiger partial charge is 0.382 e. The van der Waals surface area contributed by atoms with Crippen molar-refractivity contribution in [1.29, 1.82) is 5.41 Å². The Kier molecular flexibility index (Phi) is 2.71. The maximum absolute atomic E-state index is 10.5. The van der Waals surface area contributed by atoms with Crippen LogP contribution in [0.25, 0.3) is 0 Å². The Hall–Kier alpha value is -1.75. The first-order chi connectivity index (χ1) is 6.16. The lowest BCUT2D eigenvalue weighted by molar-refractivity contribution is -0.386. The minimum Gasteiger partial charge on any atom is -0.382 e. The zero-order valence-electron chi connectivity index (χ0n) is 6.68. The van der Waals surface area contributed by atoms with Gasteiger partial charge in [-0.1, -0.05) is 12.1 Å². The number of hydrogen-bond donors (Lipinski definition) is 2. The third-order valence-electron chi connectivity index (χ3n) is 1.61. The molecule has 1 aromatic rings. The second-order valence-corrected chi connectivity index (χ2v) is 2.43. The van der Waals surface area contributed by atoms with Gasteiger partial charge in [0.05, 0.1) is 10.5 Å². The third kappa shape index (κ3) is 1.88. The van der Waals surface area contributed by atoms with Crippen LogP contribution in [0.4, 0.5) is 5.69 Å². The number of benzene rings is 1. The van der Waals surface area contributed by atoms with Gasteiger partial charge in [-0.15, -0.1) is 0 Å². The first kappa shape index (κ1) is 9.34. The Bertz CT molecular complexity index is 338. The first-order valence-electron chi connectivity index (χ1n) is 3.58. The number of nitrogens with zero attached hydrogens (tertiary/aromatic N) is 1. The van der Waals surface area contributed by atoms with Crippen molar-refractivity contribution >= 4 is 11.9 Å². The van der Waals surface area contributed by atoms with Gasteiger partial charge in [-0.3, -0.25) is 10.1 Å². The third-order valence-corrected chi connectivity index (χ3v) is 1.61. The minimum absolute atomic E-state index is 0.141. The number of nitro benzene ring substituents is 1. The van der Waals surface area contributed by atoms with Gasteiger partial charge in [-0.25, -0.2) is 0 Å². The molecule has 0 saturated carbocycles. The summed E-state index contributed by atoms with van der Waals surface area (Å²) in [4.78, 5) is 9.88. The highest BCUT2D eigenvalue weighted by atomic mass is 16.6. The molecule has 0 saturated heterocycles. The van der Waals surface area contributed by atoms with Gasteiger partial charge >= 0.3 is 0 Å². The molecule has 5 heteroatoms. The molecule has 5 nitrogen and oxygen atoms in total. The summed E-state index contributed by atoms with van der Waals surface area (Å²) in [6.07, 6.45) is -0.455. The van der Waals surface area contributed by atoms with Gasteiger partial charge in [0.1, 0.15) is 6.10 Å². The molecular weight excluding hydrogens is 172 g/mol. The summed E-state index contributed by atoms with van der Waals surface area (Å²) < 4.78 is 0. The Balaban J connectivity index is 3.19. The number of para-hydroxylation sites is 1. The number of rotatable bonds is 3. The lowest BCUT2D eigenvalue weighted by atomic mass is 10.1. The molecule has 0 radical (unpaired) electrons. The van der Waals surface area contributed by atoms with Crippen molar-refractivity contribution in [2.24, 2.45) is 0 Å². The van der Waals surface area contributed by atoms with Crippen LogP contribution < -0.4 is 0 Å². The summed E-state index contributed by atoms with van der Waals surface area (Å²) in [5, 5.41) is 26.5. The Morgan fingerprint density at radius 3 is 2.69 bits per heavy atom. The Morgan fingerprint density at radius 1 is 1.54 bits per heavy atom. The van der Waals surface area contributed by atoms with E-state index in [0.717, 1.165) is 6.21 Å². The van der Waals surface area contributed by atoms with Crippen LogP contribution in [0.3, 0.4) is 0 Å². The van der Waals surface area contributed by atoms with E-state index in [2.05, 4.69) is 0 Å². The predicted octanol–water partition coefficient (Wildman–Crippen LogP) is 1.28. The molecule has 13 heavy (non-hydrogen) atoms. The molecule has 0 aliphatic heterocycles. The summed E-state index contributed by atoms with van der Waals surface area (Å²) in [6.45, 7) is 0. The Labute approximate surface area is 74.3 Å². The van der Waals surface area contributed by atoms with Crippen LogP contribution in [0.1, 0.15) is 11.7 Å². The number of aliphatic hydroxyl groups is 1. The molecule has 0 unspecified atom stereocenters. The molecule has 0 aromatic heterocycles. The maximum atomic E-state index is 10.5. The predicted molar refractivity (Wildman–Crippen MR) is 46.8 cm³/mol. The van der Waals surface area contributed by atoms with E-state index in [-0.39, 0.29) is 11.3 Å². The highest BCUT2D eigenvalue weighted by Gasteiger charge is 2.17. The fourth-order valence-corrected chi connectivity index (χ4v) is 0.994. The van der Waals surface area contributed by atoms with Crippen LogP contribution in [-0.2, 0) is 0 Å². The average molecular weight is 180 g/mol. The van der Waals surface area contributed by atoms with E-state index in [1.165, 1.54) is 18.2 Å². The van der Waals surface area contributed by atoms with Crippen molar-refractivity contribution in [3.63, 3.8) is 0 Å². The molecule has 1 atom stereocenters. The van der Waals surface area contributed by atoms with E-state index in [4.69, 9.17) is 5.41 Å². The van der Waals surface area contributed by atoms with Crippen molar-refractivity contribution in [1.82, 2.24) is 0 Å². The monoisotopic (exact) mass is 180 g/mol. The van der Waals surface area contributed by atoms with Crippen LogP contribution in [0, 0.1) is 15.5 Å². The van der Waals surface area contributed by atoms with E-state index in [0.29, 0.717) is 0 Å². The van der Waals surface area contributed by atoms with Crippen LogP contribution in [-0.4, -0.2) is 16.2 Å². The number of nitrogens with one attached hydrogen (secondary N) is 1. The standard InChI is InChI=1S/C8H8N2O3/c9-5-8(11)6-3-1-2-4-7(6)10(12)13/h1-5,8-9,11H/t8-/m1/s1. The van der Waals surface area contributed by atoms with Crippen molar-refractivity contribution in [2.45, 2.75) is 6.10 Å². The fraction of sp³-hybridized carbons (Fsp3) is 0.125. The number of nitro groups is 1. The van der Waals surface area contributed by atoms with Crippen LogP contribution in [0.15, 0.2) is 24.3 Å². The smallest absolute Gasteiger partial charge is 0.275 e. The normalized spacial score (nSPS) is 12.1. The average Bonchev–Trinajstić information content (AvgIpc) is 2.16. The van der Waals surface area contributed by atoms with Gasteiger partial charge in [0.25, 0.3) is 5.69 Å². The second kappa shape index (κ2) is 3.77. The molecule has 68 valence electrons. The first-order valence-corrected chi connectivity index (χ1v) is 3.58. The van der Waals surface area contributed by atoms with Crippen molar-refractivity contribution < 1.29 is 10.0 Å². The molecule has 2 N–H and O–H groups in total. The van der Waals surface area contributed by atoms with E-state index >= 15 is 0 Å². The molecule has 0 amide bonds. The zero-order chi connectivity index (χ0) is 9.84. The van der Waals surface area contributed by atoms with E-state index < -0.39 is 11.0 Å². The molecule has 1 rings (SSSR count). The summed E-state index contributed by atoms with van der Waals surface area (Å²) >= 11 is 0. The highest BCUT2D eigenvalue weighted by molar-refractivity contribution is 5.65. The lowest BCUT2D eigenvalue weighted by Crippen LogP contribution is -2.02. The van der Waals surface area contributed by atoms with E-state index in [9.17, 15) is 15.2 Å². The quantitative estimate of drug-likeness (QED) is 0.417. The molecule has 0 heterocycles. The molecule has 1 aromatic carbocycles. The van der Waals surface area contributed by atoms with Gasteiger partial charge < -0.3 is 10.5 Å². The minimum atomic E-state index is -1.21. The van der Waals surface area contributed by atoms with Gasteiger partial charge in [0.15, 0.2) is 0 Å². The lowest BCUT2D eigenvalue weighted by Gasteiger charge is -2.04.